The minimum absolute atomic E-state index is 0.169. The van der Waals surface area contributed by atoms with E-state index >= 15 is 0 Å². The molecule has 1 unspecified atom stereocenters. The molecule has 1 amide bonds. The standard InChI is InChI=1S/C17H15N5O2S/c18-8-7-16(23)20-12-5-3-11(4-6-12)13-10-14(15-2-1-9-24-15)22(21-13)17(19)25/h1-6,9,14H,7,10H2,(H2,19,25)(H,20,23). The fourth-order valence-corrected chi connectivity index (χ4v) is 2.78. The summed E-state index contributed by atoms with van der Waals surface area (Å²) >= 11 is 5.08. The van der Waals surface area contributed by atoms with Gasteiger partial charge >= 0.3 is 0 Å². The van der Waals surface area contributed by atoms with Gasteiger partial charge in [-0.3, -0.25) is 4.79 Å². The Labute approximate surface area is 149 Å². The molecule has 0 bridgehead atoms. The van der Waals surface area contributed by atoms with E-state index in [0.717, 1.165) is 17.0 Å². The molecule has 1 aromatic carbocycles. The lowest BCUT2D eigenvalue weighted by atomic mass is 10.0. The van der Waals surface area contributed by atoms with E-state index in [2.05, 4.69) is 10.4 Å². The van der Waals surface area contributed by atoms with Crippen LogP contribution < -0.4 is 11.1 Å². The first kappa shape index (κ1) is 16.7. The molecule has 1 atom stereocenters. The van der Waals surface area contributed by atoms with Gasteiger partial charge in [-0.25, -0.2) is 5.01 Å². The van der Waals surface area contributed by atoms with Crippen molar-refractivity contribution in [2.45, 2.75) is 18.9 Å². The van der Waals surface area contributed by atoms with Crippen LogP contribution in [0.15, 0.2) is 52.2 Å². The summed E-state index contributed by atoms with van der Waals surface area (Å²) < 4.78 is 5.46. The van der Waals surface area contributed by atoms with Crippen molar-refractivity contribution in [3.05, 3.63) is 54.0 Å². The van der Waals surface area contributed by atoms with Crippen LogP contribution in [-0.2, 0) is 4.79 Å². The molecule has 3 rings (SSSR count). The molecule has 2 heterocycles. The minimum atomic E-state index is -0.342. The van der Waals surface area contributed by atoms with Gasteiger partial charge in [-0.15, -0.1) is 0 Å². The summed E-state index contributed by atoms with van der Waals surface area (Å²) in [6.07, 6.45) is 2.02. The second kappa shape index (κ2) is 7.15. The number of carbonyl (C=O) groups is 1. The Morgan fingerprint density at radius 3 is 2.80 bits per heavy atom. The summed E-state index contributed by atoms with van der Waals surface area (Å²) in [4.78, 5) is 11.4. The zero-order valence-electron chi connectivity index (χ0n) is 13.2. The van der Waals surface area contributed by atoms with E-state index in [9.17, 15) is 4.79 Å². The molecule has 0 saturated heterocycles. The molecular formula is C17H15N5O2S. The number of nitrogens with zero attached hydrogens (tertiary/aromatic N) is 3. The van der Waals surface area contributed by atoms with Crippen LogP contribution in [0.25, 0.3) is 0 Å². The second-order valence-corrected chi connectivity index (χ2v) is 5.84. The van der Waals surface area contributed by atoms with E-state index < -0.39 is 0 Å². The van der Waals surface area contributed by atoms with Gasteiger partial charge < -0.3 is 15.5 Å². The molecule has 0 saturated carbocycles. The van der Waals surface area contributed by atoms with Crippen LogP contribution in [0.3, 0.4) is 0 Å². The van der Waals surface area contributed by atoms with E-state index in [1.165, 1.54) is 0 Å². The van der Waals surface area contributed by atoms with Gasteiger partial charge in [-0.1, -0.05) is 12.1 Å². The minimum Gasteiger partial charge on any atom is -0.467 e. The van der Waals surface area contributed by atoms with Gasteiger partial charge in [0.15, 0.2) is 5.11 Å². The third-order valence-electron chi connectivity index (χ3n) is 3.75. The number of furan rings is 1. The fourth-order valence-electron chi connectivity index (χ4n) is 2.61. The first-order valence-electron chi connectivity index (χ1n) is 7.55. The van der Waals surface area contributed by atoms with Gasteiger partial charge in [0.05, 0.1) is 18.0 Å². The lowest BCUT2D eigenvalue weighted by Gasteiger charge is -2.19. The number of carbonyl (C=O) groups excluding carboxylic acids is 1. The van der Waals surface area contributed by atoms with Crippen molar-refractivity contribution in [1.82, 2.24) is 5.01 Å². The molecule has 25 heavy (non-hydrogen) atoms. The van der Waals surface area contributed by atoms with Gasteiger partial charge in [-0.2, -0.15) is 10.4 Å². The summed E-state index contributed by atoms with van der Waals surface area (Å²) in [7, 11) is 0. The highest BCUT2D eigenvalue weighted by atomic mass is 32.1. The topological polar surface area (TPSA) is 108 Å². The van der Waals surface area contributed by atoms with E-state index in [1.807, 2.05) is 30.3 Å². The number of nitriles is 1. The Hall–Kier alpha value is -3.18. The van der Waals surface area contributed by atoms with Crippen molar-refractivity contribution in [2.75, 3.05) is 5.32 Å². The number of nitrogens with two attached hydrogens (primary N) is 1. The van der Waals surface area contributed by atoms with Gasteiger partial charge in [0.2, 0.25) is 5.91 Å². The quantitative estimate of drug-likeness (QED) is 0.818. The second-order valence-electron chi connectivity index (χ2n) is 5.43. The van der Waals surface area contributed by atoms with Crippen molar-refractivity contribution < 1.29 is 9.21 Å². The Kier molecular flexibility index (Phi) is 4.77. The van der Waals surface area contributed by atoms with Crippen LogP contribution in [0.2, 0.25) is 0 Å². The van der Waals surface area contributed by atoms with Crippen molar-refractivity contribution in [3.8, 4) is 6.07 Å². The number of rotatable bonds is 4. The predicted molar refractivity (Wildman–Crippen MR) is 96.5 cm³/mol. The zero-order chi connectivity index (χ0) is 17.8. The SMILES string of the molecule is N#CCC(=O)Nc1ccc(C2=NN(C(N)=S)C(c3ccco3)C2)cc1. The Morgan fingerprint density at radius 1 is 1.44 bits per heavy atom. The molecular weight excluding hydrogens is 338 g/mol. The molecule has 1 aromatic heterocycles. The Balaban J connectivity index is 1.77. The number of anilines is 1. The van der Waals surface area contributed by atoms with Gasteiger partial charge in [0.25, 0.3) is 0 Å². The maximum atomic E-state index is 11.4. The number of hydrazone groups is 1. The molecule has 126 valence electrons. The normalized spacial score (nSPS) is 16.2. The molecule has 1 aliphatic heterocycles. The van der Waals surface area contributed by atoms with Crippen molar-refractivity contribution >= 4 is 34.6 Å². The molecule has 7 nitrogen and oxygen atoms in total. The summed E-state index contributed by atoms with van der Waals surface area (Å²) in [5.74, 6) is 0.401. The smallest absolute Gasteiger partial charge is 0.238 e. The molecule has 0 aliphatic carbocycles. The number of amides is 1. The third-order valence-corrected chi connectivity index (χ3v) is 3.94. The van der Waals surface area contributed by atoms with Crippen LogP contribution in [-0.4, -0.2) is 21.7 Å². The van der Waals surface area contributed by atoms with Crippen molar-refractivity contribution in [2.24, 2.45) is 10.8 Å². The summed E-state index contributed by atoms with van der Waals surface area (Å²) in [6.45, 7) is 0. The van der Waals surface area contributed by atoms with Gasteiger partial charge in [-0.05, 0) is 42.0 Å². The number of benzene rings is 1. The average molecular weight is 353 g/mol. The van der Waals surface area contributed by atoms with E-state index in [4.69, 9.17) is 27.6 Å². The van der Waals surface area contributed by atoms with Crippen LogP contribution in [0.1, 0.15) is 30.2 Å². The Morgan fingerprint density at radius 2 is 2.20 bits per heavy atom. The average Bonchev–Trinajstić information content (AvgIpc) is 3.25. The fraction of sp³-hybridized carbons (Fsp3) is 0.176. The maximum Gasteiger partial charge on any atom is 0.238 e. The highest BCUT2D eigenvalue weighted by Crippen LogP contribution is 2.32. The van der Waals surface area contributed by atoms with Crippen molar-refractivity contribution in [1.29, 1.82) is 5.26 Å². The van der Waals surface area contributed by atoms with Gasteiger partial charge in [0.1, 0.15) is 18.2 Å². The molecule has 0 radical (unpaired) electrons. The third kappa shape index (κ3) is 3.67. The zero-order valence-corrected chi connectivity index (χ0v) is 14.0. The monoisotopic (exact) mass is 353 g/mol. The molecule has 0 fully saturated rings. The van der Waals surface area contributed by atoms with E-state index in [0.29, 0.717) is 12.1 Å². The predicted octanol–water partition coefficient (Wildman–Crippen LogP) is 2.53. The number of nitrogens with one attached hydrogen (secondary N) is 1. The summed E-state index contributed by atoms with van der Waals surface area (Å²) in [5, 5.41) is 17.4. The van der Waals surface area contributed by atoms with Crippen LogP contribution >= 0.6 is 12.2 Å². The summed E-state index contributed by atoms with van der Waals surface area (Å²) in [5.41, 5.74) is 8.12. The highest BCUT2D eigenvalue weighted by Gasteiger charge is 2.32. The largest absolute Gasteiger partial charge is 0.467 e. The molecule has 1 aliphatic rings. The van der Waals surface area contributed by atoms with Crippen molar-refractivity contribution in [3.63, 3.8) is 0 Å². The van der Waals surface area contributed by atoms with Gasteiger partial charge in [0, 0.05) is 12.1 Å². The first-order chi connectivity index (χ1) is 12.1. The van der Waals surface area contributed by atoms with E-state index in [-0.39, 0.29) is 23.5 Å². The molecule has 8 heteroatoms. The molecule has 3 N–H and O–H groups in total. The lowest BCUT2D eigenvalue weighted by Crippen LogP contribution is -2.31. The van der Waals surface area contributed by atoms with E-state index in [1.54, 1.807) is 23.4 Å². The molecule has 0 spiro atoms. The van der Waals surface area contributed by atoms with Crippen LogP contribution in [0.5, 0.6) is 0 Å². The highest BCUT2D eigenvalue weighted by molar-refractivity contribution is 7.80. The summed E-state index contributed by atoms with van der Waals surface area (Å²) in [6, 6.07) is 12.5. The maximum absolute atomic E-state index is 11.4. The molecule has 2 aromatic rings. The lowest BCUT2D eigenvalue weighted by molar-refractivity contribution is -0.115. The number of hydrogen-bond acceptors (Lipinski definition) is 5. The van der Waals surface area contributed by atoms with Crippen LogP contribution in [0.4, 0.5) is 5.69 Å². The number of hydrogen-bond donors (Lipinski definition) is 2. The first-order valence-corrected chi connectivity index (χ1v) is 7.96. The Bertz CT molecular complexity index is 852. The number of thiocarbonyl (C=S) groups is 1. The van der Waals surface area contributed by atoms with Crippen LogP contribution in [0, 0.1) is 11.3 Å².